The van der Waals surface area contributed by atoms with Gasteiger partial charge in [0.05, 0.1) is 24.0 Å². The van der Waals surface area contributed by atoms with Crippen molar-refractivity contribution in [3.05, 3.63) is 109 Å². The highest BCUT2D eigenvalue weighted by atomic mass is 35.5. The van der Waals surface area contributed by atoms with Crippen LogP contribution >= 0.6 is 11.6 Å². The minimum absolute atomic E-state index is 0.0548. The first-order valence-corrected chi connectivity index (χ1v) is 9.91. The number of hydrogen-bond donors (Lipinski definition) is 0. The maximum Gasteiger partial charge on any atom is 0.137 e. The summed E-state index contributed by atoms with van der Waals surface area (Å²) < 4.78 is 1.86. The van der Waals surface area contributed by atoms with Crippen molar-refractivity contribution in [2.24, 2.45) is 11.0 Å². The Kier molecular flexibility index (Phi) is 5.06. The zero-order valence-electron chi connectivity index (χ0n) is 15.6. The van der Waals surface area contributed by atoms with Gasteiger partial charge in [-0.05, 0) is 49.4 Å². The lowest BCUT2D eigenvalue weighted by molar-refractivity contribution is 0.450. The topological polar surface area (TPSA) is 46.3 Å². The minimum Gasteiger partial charge on any atom is -0.257 e. The summed E-state index contributed by atoms with van der Waals surface area (Å²) in [4.78, 5) is 4.12. The summed E-state index contributed by atoms with van der Waals surface area (Å²) in [6.45, 7) is 0.656. The van der Waals surface area contributed by atoms with Crippen LogP contribution in [0, 0.1) is 37.5 Å². The van der Waals surface area contributed by atoms with E-state index in [2.05, 4.69) is 46.1 Å². The number of rotatable bonds is 5. The first-order valence-electron chi connectivity index (χ1n) is 9.53. The van der Waals surface area contributed by atoms with Gasteiger partial charge in [0.25, 0.3) is 0 Å². The molecule has 2 aliphatic rings. The van der Waals surface area contributed by atoms with E-state index >= 15 is 0 Å². The zero-order valence-corrected chi connectivity index (χ0v) is 16.4. The molecule has 0 amide bonds. The number of anilines is 1. The van der Waals surface area contributed by atoms with Crippen LogP contribution in [0.3, 0.4) is 0 Å². The van der Waals surface area contributed by atoms with Crippen molar-refractivity contribution < 1.29 is 0 Å². The fraction of sp³-hybridized carbons (Fsp3) is 0.130. The van der Waals surface area contributed by atoms with Crippen LogP contribution in [0.1, 0.15) is 11.6 Å². The molecule has 1 saturated carbocycles. The average Bonchev–Trinajstić information content (AvgIpc) is 3.51. The van der Waals surface area contributed by atoms with Crippen LogP contribution in [0.2, 0.25) is 5.02 Å². The molecular weight excluding hydrogens is 382 g/mol. The van der Waals surface area contributed by atoms with E-state index in [4.69, 9.17) is 16.7 Å². The van der Waals surface area contributed by atoms with Crippen molar-refractivity contribution in [1.29, 1.82) is 0 Å². The van der Waals surface area contributed by atoms with E-state index in [1.165, 1.54) is 0 Å². The molecule has 29 heavy (non-hydrogen) atoms. The SMILES string of the molecule is Clc1ccccc1[C@H]1[C@H](Cn2cncn2)C([C]2[CH][CH][CH][CH]2)=NN1c1ccccc1. The molecule has 2 heterocycles. The van der Waals surface area contributed by atoms with Crippen LogP contribution in [0.4, 0.5) is 5.69 Å². The quantitative estimate of drug-likeness (QED) is 0.630. The van der Waals surface area contributed by atoms with Crippen LogP contribution in [0.25, 0.3) is 0 Å². The molecule has 0 saturated heterocycles. The largest absolute Gasteiger partial charge is 0.257 e. The van der Waals surface area contributed by atoms with Gasteiger partial charge in [0.15, 0.2) is 0 Å². The van der Waals surface area contributed by atoms with Gasteiger partial charge in [-0.15, -0.1) is 0 Å². The summed E-state index contributed by atoms with van der Waals surface area (Å²) in [5.41, 5.74) is 3.11. The molecule has 5 nitrogen and oxygen atoms in total. The van der Waals surface area contributed by atoms with Gasteiger partial charge in [-0.3, -0.25) is 9.69 Å². The Labute approximate surface area is 176 Å². The predicted molar refractivity (Wildman–Crippen MR) is 115 cm³/mol. The van der Waals surface area contributed by atoms with E-state index in [9.17, 15) is 0 Å². The highest BCUT2D eigenvalue weighted by molar-refractivity contribution is 6.31. The summed E-state index contributed by atoms with van der Waals surface area (Å²) in [5, 5.41) is 12.3. The summed E-state index contributed by atoms with van der Waals surface area (Å²) in [6.07, 6.45) is 11.6. The molecule has 1 aliphatic carbocycles. The second-order valence-corrected chi connectivity index (χ2v) is 7.44. The van der Waals surface area contributed by atoms with Gasteiger partial charge < -0.3 is 0 Å². The van der Waals surface area contributed by atoms with Crippen molar-refractivity contribution in [1.82, 2.24) is 14.8 Å². The summed E-state index contributed by atoms with van der Waals surface area (Å²) in [7, 11) is 0. The van der Waals surface area contributed by atoms with Crippen LogP contribution in [0.15, 0.2) is 72.4 Å². The monoisotopic (exact) mass is 400 g/mol. The van der Waals surface area contributed by atoms with Crippen LogP contribution in [-0.4, -0.2) is 20.5 Å². The Morgan fingerprint density at radius 3 is 2.41 bits per heavy atom. The Balaban J connectivity index is 1.62. The van der Waals surface area contributed by atoms with Gasteiger partial charge in [0.2, 0.25) is 0 Å². The summed E-state index contributed by atoms with van der Waals surface area (Å²) >= 11 is 6.66. The lowest BCUT2D eigenvalue weighted by Gasteiger charge is -2.29. The third-order valence-corrected chi connectivity index (χ3v) is 5.61. The highest BCUT2D eigenvalue weighted by Gasteiger charge is 2.44. The van der Waals surface area contributed by atoms with E-state index in [1.807, 2.05) is 53.9 Å². The molecule has 0 bridgehead atoms. The Hall–Kier alpha value is -2.66. The second-order valence-electron chi connectivity index (χ2n) is 7.03. The fourth-order valence-corrected chi connectivity index (χ4v) is 4.21. The van der Waals surface area contributed by atoms with E-state index < -0.39 is 0 Å². The van der Waals surface area contributed by atoms with E-state index in [0.717, 1.165) is 27.9 Å². The Morgan fingerprint density at radius 2 is 1.69 bits per heavy atom. The number of aromatic nitrogens is 3. The maximum absolute atomic E-state index is 6.66. The number of hydrazone groups is 1. The van der Waals surface area contributed by atoms with Crippen molar-refractivity contribution in [2.45, 2.75) is 12.6 Å². The molecule has 5 rings (SSSR count). The molecule has 6 heteroatoms. The van der Waals surface area contributed by atoms with Crippen LogP contribution in [0.5, 0.6) is 0 Å². The molecule has 143 valence electrons. The zero-order chi connectivity index (χ0) is 19.6. The first kappa shape index (κ1) is 18.4. The normalized spacial score (nSPS) is 22.2. The number of hydrogen-bond acceptors (Lipinski definition) is 4. The van der Waals surface area contributed by atoms with Crippen LogP contribution < -0.4 is 5.01 Å². The predicted octanol–water partition coefficient (Wildman–Crippen LogP) is 4.57. The molecule has 1 aromatic heterocycles. The highest BCUT2D eigenvalue weighted by Crippen LogP contribution is 2.45. The minimum atomic E-state index is -0.0554. The number of para-hydroxylation sites is 1. The van der Waals surface area contributed by atoms with Crippen molar-refractivity contribution in [2.75, 3.05) is 5.01 Å². The van der Waals surface area contributed by atoms with Crippen molar-refractivity contribution in [3.63, 3.8) is 0 Å². The van der Waals surface area contributed by atoms with Gasteiger partial charge >= 0.3 is 0 Å². The lowest BCUT2D eigenvalue weighted by Crippen LogP contribution is -2.31. The molecule has 3 aromatic rings. The van der Waals surface area contributed by atoms with Gasteiger partial charge in [-0.2, -0.15) is 10.2 Å². The van der Waals surface area contributed by atoms with Gasteiger partial charge in [-0.25, -0.2) is 4.98 Å². The number of benzene rings is 2. The van der Waals surface area contributed by atoms with E-state index in [-0.39, 0.29) is 12.0 Å². The molecule has 1 aliphatic heterocycles. The first-order chi connectivity index (χ1) is 14.3. The molecule has 0 unspecified atom stereocenters. The van der Waals surface area contributed by atoms with Gasteiger partial charge in [0.1, 0.15) is 12.7 Å². The second kappa shape index (κ2) is 7.99. The molecule has 2 aromatic carbocycles. The third kappa shape index (κ3) is 3.55. The van der Waals surface area contributed by atoms with Crippen LogP contribution in [-0.2, 0) is 6.54 Å². The Bertz CT molecular complexity index is 980. The number of halogens is 1. The van der Waals surface area contributed by atoms with Gasteiger partial charge in [-0.1, -0.05) is 48.0 Å². The van der Waals surface area contributed by atoms with E-state index in [1.54, 1.807) is 12.7 Å². The summed E-state index contributed by atoms with van der Waals surface area (Å²) in [5.74, 6) is 1.17. The maximum atomic E-state index is 6.66. The Morgan fingerprint density at radius 1 is 0.931 bits per heavy atom. The number of nitrogens with zero attached hydrogens (tertiary/aromatic N) is 5. The molecule has 1 fully saturated rings. The lowest BCUT2D eigenvalue weighted by atomic mass is 9.83. The molecule has 0 N–H and O–H groups in total. The summed E-state index contributed by atoms with van der Waals surface area (Å²) in [6, 6.07) is 18.2. The molecule has 2 atom stereocenters. The third-order valence-electron chi connectivity index (χ3n) is 5.26. The molecule has 0 spiro atoms. The fourth-order valence-electron chi connectivity index (χ4n) is 3.97. The standard InChI is InChI=1S/C23H19ClN5/c24-21-13-7-6-12-19(21)23-20(14-28-16-25-15-26-28)22(17-8-4-5-9-17)27-29(23)18-10-2-1-3-11-18/h1-13,15-16,20,23H,14H2/t20-,23+/m1/s1. The van der Waals surface area contributed by atoms with E-state index in [0.29, 0.717) is 6.54 Å². The smallest absolute Gasteiger partial charge is 0.137 e. The van der Waals surface area contributed by atoms with Crippen molar-refractivity contribution >= 4 is 23.0 Å². The average molecular weight is 401 g/mol. The van der Waals surface area contributed by atoms with Crippen molar-refractivity contribution in [3.8, 4) is 0 Å². The van der Waals surface area contributed by atoms with Gasteiger partial charge in [0, 0.05) is 16.9 Å². The molecule has 5 radical (unpaired) electrons. The molecular formula is C23H19ClN5.